The third-order valence-corrected chi connectivity index (χ3v) is 4.42. The van der Waals surface area contributed by atoms with Crippen LogP contribution in [-0.2, 0) is 4.74 Å². The molecule has 0 aliphatic carbocycles. The molecule has 0 aliphatic rings. The van der Waals surface area contributed by atoms with Crippen LogP contribution in [0.3, 0.4) is 0 Å². The van der Waals surface area contributed by atoms with Gasteiger partial charge in [-0.2, -0.15) is 0 Å². The number of ether oxygens (including phenoxy) is 1. The SMILES string of the molecule is CCN(CC)CC(C)(C)COC(=O)c1ccc(-c2ccccc2Cl)o1.Cl. The van der Waals surface area contributed by atoms with Crippen molar-refractivity contribution in [3.8, 4) is 11.3 Å². The summed E-state index contributed by atoms with van der Waals surface area (Å²) < 4.78 is 11.1. The molecule has 0 saturated heterocycles. The topological polar surface area (TPSA) is 42.7 Å². The van der Waals surface area contributed by atoms with Gasteiger partial charge in [0.1, 0.15) is 5.76 Å². The van der Waals surface area contributed by atoms with Gasteiger partial charge in [-0.05, 0) is 37.4 Å². The normalized spacial score (nSPS) is 11.3. The summed E-state index contributed by atoms with van der Waals surface area (Å²) in [6.45, 7) is 11.6. The zero-order chi connectivity index (χ0) is 18.4. The fourth-order valence-electron chi connectivity index (χ4n) is 2.68. The average Bonchev–Trinajstić information content (AvgIpc) is 3.08. The summed E-state index contributed by atoms with van der Waals surface area (Å²) in [5.41, 5.74) is 0.630. The maximum atomic E-state index is 12.3. The number of esters is 1. The lowest BCUT2D eigenvalue weighted by atomic mass is 9.94. The van der Waals surface area contributed by atoms with Gasteiger partial charge < -0.3 is 14.1 Å². The Bertz CT molecular complexity index is 709. The van der Waals surface area contributed by atoms with Gasteiger partial charge >= 0.3 is 5.97 Å². The van der Waals surface area contributed by atoms with Crippen LogP contribution in [0.4, 0.5) is 0 Å². The zero-order valence-electron chi connectivity index (χ0n) is 15.8. The molecule has 26 heavy (non-hydrogen) atoms. The summed E-state index contributed by atoms with van der Waals surface area (Å²) in [7, 11) is 0. The maximum absolute atomic E-state index is 12.3. The number of furan rings is 1. The average molecular weight is 400 g/mol. The van der Waals surface area contributed by atoms with Crippen LogP contribution in [0.1, 0.15) is 38.2 Å². The number of halogens is 2. The number of carbonyl (C=O) groups excluding carboxylic acids is 1. The van der Waals surface area contributed by atoms with Crippen molar-refractivity contribution in [2.24, 2.45) is 5.41 Å². The number of carbonyl (C=O) groups is 1. The highest BCUT2D eigenvalue weighted by molar-refractivity contribution is 6.33. The molecule has 2 rings (SSSR count). The van der Waals surface area contributed by atoms with Gasteiger partial charge in [0.25, 0.3) is 0 Å². The highest BCUT2D eigenvalue weighted by Crippen LogP contribution is 2.29. The zero-order valence-corrected chi connectivity index (χ0v) is 17.3. The van der Waals surface area contributed by atoms with Gasteiger partial charge in [0.2, 0.25) is 5.76 Å². The van der Waals surface area contributed by atoms with E-state index in [-0.39, 0.29) is 23.6 Å². The van der Waals surface area contributed by atoms with Crippen molar-refractivity contribution in [2.45, 2.75) is 27.7 Å². The third-order valence-electron chi connectivity index (χ3n) is 4.09. The van der Waals surface area contributed by atoms with Crippen LogP contribution in [0.25, 0.3) is 11.3 Å². The number of nitrogens with zero attached hydrogens (tertiary/aromatic N) is 1. The number of hydrogen-bond acceptors (Lipinski definition) is 4. The lowest BCUT2D eigenvalue weighted by molar-refractivity contribution is 0.0243. The van der Waals surface area contributed by atoms with Gasteiger partial charge in [-0.15, -0.1) is 12.4 Å². The standard InChI is InChI=1S/C20H26ClNO3.ClH/c1-5-22(6-2)13-20(3,4)14-24-19(23)18-12-11-17(25-18)15-9-7-8-10-16(15)21;/h7-12H,5-6,13-14H2,1-4H3;1H. The molecule has 0 atom stereocenters. The van der Waals surface area contributed by atoms with Crippen molar-refractivity contribution >= 4 is 30.0 Å². The minimum atomic E-state index is -0.453. The highest BCUT2D eigenvalue weighted by Gasteiger charge is 2.24. The predicted molar refractivity (Wildman–Crippen MR) is 108 cm³/mol. The molecule has 1 aromatic heterocycles. The first-order chi connectivity index (χ1) is 11.9. The molecule has 2 aromatic rings. The lowest BCUT2D eigenvalue weighted by Gasteiger charge is -2.30. The summed E-state index contributed by atoms with van der Waals surface area (Å²) in [4.78, 5) is 14.6. The van der Waals surface area contributed by atoms with Crippen LogP contribution < -0.4 is 0 Å². The van der Waals surface area contributed by atoms with Crippen LogP contribution in [0.15, 0.2) is 40.8 Å². The Hall–Kier alpha value is -1.49. The molecule has 6 heteroatoms. The Morgan fingerprint density at radius 2 is 1.81 bits per heavy atom. The van der Waals surface area contributed by atoms with Crippen molar-refractivity contribution < 1.29 is 13.9 Å². The second kappa shape index (κ2) is 10.0. The molecule has 0 saturated carbocycles. The van der Waals surface area contributed by atoms with Gasteiger partial charge in [-0.1, -0.05) is 51.4 Å². The molecular formula is C20H27Cl2NO3. The second-order valence-electron chi connectivity index (χ2n) is 6.85. The fourth-order valence-corrected chi connectivity index (χ4v) is 2.91. The molecule has 4 nitrogen and oxygen atoms in total. The number of benzene rings is 1. The molecule has 0 N–H and O–H groups in total. The van der Waals surface area contributed by atoms with Crippen molar-refractivity contribution in [1.29, 1.82) is 0 Å². The van der Waals surface area contributed by atoms with Crippen LogP contribution in [0, 0.1) is 5.41 Å². The van der Waals surface area contributed by atoms with E-state index in [9.17, 15) is 4.79 Å². The quantitative estimate of drug-likeness (QED) is 0.545. The largest absolute Gasteiger partial charge is 0.459 e. The van der Waals surface area contributed by atoms with Crippen molar-refractivity contribution in [2.75, 3.05) is 26.2 Å². The third kappa shape index (κ3) is 6.04. The first-order valence-electron chi connectivity index (χ1n) is 8.60. The van der Waals surface area contributed by atoms with E-state index in [0.29, 0.717) is 17.4 Å². The Kier molecular flexibility index (Phi) is 8.68. The van der Waals surface area contributed by atoms with Gasteiger partial charge in [0, 0.05) is 17.5 Å². The van der Waals surface area contributed by atoms with E-state index >= 15 is 0 Å². The van der Waals surface area contributed by atoms with Crippen molar-refractivity contribution in [3.63, 3.8) is 0 Å². The Morgan fingerprint density at radius 1 is 1.15 bits per heavy atom. The number of hydrogen-bond donors (Lipinski definition) is 0. The van der Waals surface area contributed by atoms with Gasteiger partial charge in [0.15, 0.2) is 0 Å². The van der Waals surface area contributed by atoms with Crippen LogP contribution in [0.2, 0.25) is 5.02 Å². The first kappa shape index (κ1) is 22.6. The van der Waals surface area contributed by atoms with Gasteiger partial charge in [-0.3, -0.25) is 0 Å². The predicted octanol–water partition coefficient (Wildman–Crippen LogP) is 5.55. The molecule has 0 unspecified atom stereocenters. The van der Waals surface area contributed by atoms with Gasteiger partial charge in [0.05, 0.1) is 11.6 Å². The summed E-state index contributed by atoms with van der Waals surface area (Å²) in [6, 6.07) is 10.7. The first-order valence-corrected chi connectivity index (χ1v) is 8.98. The fraction of sp³-hybridized carbons (Fsp3) is 0.450. The molecule has 0 radical (unpaired) electrons. The van der Waals surface area contributed by atoms with Crippen molar-refractivity contribution in [3.05, 3.63) is 47.2 Å². The smallest absolute Gasteiger partial charge is 0.374 e. The van der Waals surface area contributed by atoms with E-state index < -0.39 is 5.97 Å². The molecule has 0 aliphatic heterocycles. The van der Waals surface area contributed by atoms with E-state index in [4.69, 9.17) is 20.8 Å². The van der Waals surface area contributed by atoms with Crippen molar-refractivity contribution in [1.82, 2.24) is 4.90 Å². The summed E-state index contributed by atoms with van der Waals surface area (Å²) in [5, 5.41) is 0.581. The van der Waals surface area contributed by atoms with E-state index in [2.05, 4.69) is 32.6 Å². The Balaban J connectivity index is 0.00000338. The summed E-state index contributed by atoms with van der Waals surface area (Å²) >= 11 is 6.16. The highest BCUT2D eigenvalue weighted by atomic mass is 35.5. The maximum Gasteiger partial charge on any atom is 0.374 e. The molecule has 144 valence electrons. The van der Waals surface area contributed by atoms with Gasteiger partial charge in [-0.25, -0.2) is 4.79 Å². The number of rotatable bonds is 8. The summed E-state index contributed by atoms with van der Waals surface area (Å²) in [6.07, 6.45) is 0. The van der Waals surface area contributed by atoms with Crippen LogP contribution in [0.5, 0.6) is 0 Å². The lowest BCUT2D eigenvalue weighted by Crippen LogP contribution is -2.37. The minimum Gasteiger partial charge on any atom is -0.459 e. The Morgan fingerprint density at radius 3 is 2.42 bits per heavy atom. The van der Waals surface area contributed by atoms with E-state index in [0.717, 1.165) is 25.2 Å². The van der Waals surface area contributed by atoms with E-state index in [1.165, 1.54) is 0 Å². The molecular weight excluding hydrogens is 373 g/mol. The second-order valence-corrected chi connectivity index (χ2v) is 7.25. The Labute approximate surface area is 166 Å². The van der Waals surface area contributed by atoms with Crippen LogP contribution in [-0.4, -0.2) is 37.1 Å². The monoisotopic (exact) mass is 399 g/mol. The molecule has 0 amide bonds. The molecule has 1 aromatic carbocycles. The summed E-state index contributed by atoms with van der Waals surface area (Å²) in [5.74, 6) is 0.291. The molecule has 0 bridgehead atoms. The van der Waals surface area contributed by atoms with E-state index in [1.807, 2.05) is 18.2 Å². The molecule has 1 heterocycles. The molecule has 0 spiro atoms. The van der Waals surface area contributed by atoms with Crippen LogP contribution >= 0.6 is 24.0 Å². The van der Waals surface area contributed by atoms with E-state index in [1.54, 1.807) is 18.2 Å². The molecule has 0 fully saturated rings. The minimum absolute atomic E-state index is 0.